The highest BCUT2D eigenvalue weighted by Crippen LogP contribution is 2.20. The lowest BCUT2D eigenvalue weighted by molar-refractivity contribution is -0.698. The van der Waals surface area contributed by atoms with Gasteiger partial charge in [0.15, 0.2) is 0 Å². The van der Waals surface area contributed by atoms with Gasteiger partial charge in [0.1, 0.15) is 37.1 Å². The van der Waals surface area contributed by atoms with Gasteiger partial charge in [0.05, 0.1) is 0 Å². The fourth-order valence-corrected chi connectivity index (χ4v) is 2.91. The Hall–Kier alpha value is -2.80. The van der Waals surface area contributed by atoms with Crippen molar-refractivity contribution in [3.8, 4) is 5.75 Å². The Balaban J connectivity index is 0.00000225. The number of fused-ring (bicyclic) bond motifs is 1. The van der Waals surface area contributed by atoms with Gasteiger partial charge < -0.3 is 21.7 Å². The fraction of sp³-hybridized carbons (Fsp3) is 0.143. The van der Waals surface area contributed by atoms with Crippen LogP contribution in [-0.2, 0) is 13.1 Å². The first-order valence-electron chi connectivity index (χ1n) is 8.64. The van der Waals surface area contributed by atoms with Gasteiger partial charge in [-0.25, -0.2) is 13.3 Å². The Morgan fingerprint density at radius 3 is 2.61 bits per heavy atom. The lowest BCUT2D eigenvalue weighted by Crippen LogP contribution is -3.00. The molecule has 0 aliphatic heterocycles. The van der Waals surface area contributed by atoms with E-state index >= 15 is 0 Å². The molecule has 0 aliphatic carbocycles. The molecule has 0 fully saturated rings. The van der Waals surface area contributed by atoms with Crippen molar-refractivity contribution in [2.75, 3.05) is 6.61 Å². The van der Waals surface area contributed by atoms with E-state index in [0.29, 0.717) is 18.7 Å². The molecular weight excluding hydrogens is 428 g/mol. The second-order valence-corrected chi connectivity index (χ2v) is 6.27. The molecule has 0 amide bonds. The minimum Gasteiger partial charge on any atom is -1.00 e. The van der Waals surface area contributed by atoms with Gasteiger partial charge in [0, 0.05) is 16.7 Å². The van der Waals surface area contributed by atoms with Gasteiger partial charge in [-0.05, 0) is 35.0 Å². The van der Waals surface area contributed by atoms with Crippen LogP contribution in [0.5, 0.6) is 5.75 Å². The van der Waals surface area contributed by atoms with Crippen molar-refractivity contribution in [2.45, 2.75) is 13.1 Å². The quantitative estimate of drug-likeness (QED) is 0.409. The molecule has 0 bridgehead atoms. The highest BCUT2D eigenvalue weighted by atomic mass is 79.9. The average molecular weight is 446 g/mol. The van der Waals surface area contributed by atoms with Crippen LogP contribution < -0.4 is 26.3 Å². The zero-order valence-electron chi connectivity index (χ0n) is 14.9. The minimum atomic E-state index is -0.586. The molecule has 1 heterocycles. The summed E-state index contributed by atoms with van der Waals surface area (Å²) in [6.45, 7) is 1.34. The van der Waals surface area contributed by atoms with Crippen LogP contribution in [0.3, 0.4) is 0 Å². The molecule has 0 unspecified atom stereocenters. The molecule has 0 saturated carbocycles. The summed E-state index contributed by atoms with van der Waals surface area (Å²) in [5, 5.41) is 6.52. The van der Waals surface area contributed by atoms with Crippen LogP contribution in [0.25, 0.3) is 10.8 Å². The summed E-state index contributed by atoms with van der Waals surface area (Å²) < 4.78 is 36.0. The summed E-state index contributed by atoms with van der Waals surface area (Å²) in [5.41, 5.74) is 0.388. The van der Waals surface area contributed by atoms with Crippen molar-refractivity contribution in [3.05, 3.63) is 90.5 Å². The van der Waals surface area contributed by atoms with E-state index in [4.69, 9.17) is 4.74 Å². The van der Waals surface area contributed by atoms with Gasteiger partial charge in [0.2, 0.25) is 6.33 Å². The second kappa shape index (κ2) is 8.93. The summed E-state index contributed by atoms with van der Waals surface area (Å²) in [4.78, 5) is 0. The zero-order valence-corrected chi connectivity index (χ0v) is 16.5. The number of rotatable bonds is 6. The van der Waals surface area contributed by atoms with E-state index in [1.807, 2.05) is 34.9 Å². The summed E-state index contributed by atoms with van der Waals surface area (Å²) in [7, 11) is 0. The molecule has 3 aromatic carbocycles. The van der Waals surface area contributed by atoms with Crippen LogP contribution in [0.15, 0.2) is 73.3 Å². The predicted molar refractivity (Wildman–Crippen MR) is 97.3 cm³/mol. The van der Waals surface area contributed by atoms with E-state index in [9.17, 15) is 8.78 Å². The normalized spacial score (nSPS) is 10.6. The van der Waals surface area contributed by atoms with Crippen molar-refractivity contribution in [1.82, 2.24) is 9.78 Å². The molecular formula is C21H18BrF2N3O. The Labute approximate surface area is 171 Å². The zero-order chi connectivity index (χ0) is 18.6. The molecule has 28 heavy (non-hydrogen) atoms. The predicted octanol–water partition coefficient (Wildman–Crippen LogP) is 0.733. The van der Waals surface area contributed by atoms with Gasteiger partial charge in [-0.1, -0.05) is 30.3 Å². The van der Waals surface area contributed by atoms with Gasteiger partial charge in [0.25, 0.3) is 6.33 Å². The lowest BCUT2D eigenvalue weighted by atomic mass is 10.1. The van der Waals surface area contributed by atoms with E-state index in [-0.39, 0.29) is 23.5 Å². The molecule has 0 N–H and O–H groups in total. The highest BCUT2D eigenvalue weighted by molar-refractivity contribution is 5.83. The molecule has 4 nitrogen and oxygen atoms in total. The maximum absolute atomic E-state index is 13.7. The molecule has 144 valence electrons. The Morgan fingerprint density at radius 2 is 1.79 bits per heavy atom. The first kappa shape index (κ1) is 19.9. The van der Waals surface area contributed by atoms with Crippen LogP contribution in [-0.4, -0.2) is 16.4 Å². The first-order chi connectivity index (χ1) is 13.2. The summed E-state index contributed by atoms with van der Waals surface area (Å²) >= 11 is 0. The number of nitrogens with zero attached hydrogens (tertiary/aromatic N) is 3. The van der Waals surface area contributed by atoms with Crippen molar-refractivity contribution in [2.24, 2.45) is 0 Å². The Kier molecular flexibility index (Phi) is 6.36. The minimum absolute atomic E-state index is 0. The molecule has 7 heteroatoms. The third kappa shape index (κ3) is 4.72. The number of hydrogen-bond acceptors (Lipinski definition) is 2. The van der Waals surface area contributed by atoms with Crippen LogP contribution in [0, 0.1) is 11.6 Å². The summed E-state index contributed by atoms with van der Waals surface area (Å²) in [5.74, 6) is -0.343. The Morgan fingerprint density at radius 1 is 0.964 bits per heavy atom. The number of aromatic nitrogens is 3. The molecule has 0 radical (unpaired) electrons. The van der Waals surface area contributed by atoms with Crippen molar-refractivity contribution >= 4 is 10.8 Å². The van der Waals surface area contributed by atoms with Gasteiger partial charge in [-0.3, -0.25) is 0 Å². The van der Waals surface area contributed by atoms with E-state index < -0.39 is 11.6 Å². The van der Waals surface area contributed by atoms with Crippen LogP contribution in [0.2, 0.25) is 0 Å². The summed E-state index contributed by atoms with van der Waals surface area (Å²) in [6.07, 6.45) is 3.43. The monoisotopic (exact) mass is 445 g/mol. The second-order valence-electron chi connectivity index (χ2n) is 6.27. The number of ether oxygens (including phenoxy) is 1. The molecule has 0 saturated heterocycles. The van der Waals surface area contributed by atoms with E-state index in [2.05, 4.69) is 17.2 Å². The topological polar surface area (TPSA) is 30.9 Å². The fourth-order valence-electron chi connectivity index (χ4n) is 2.91. The van der Waals surface area contributed by atoms with Crippen LogP contribution in [0.1, 0.15) is 5.56 Å². The molecule has 1 aromatic heterocycles. The molecule has 0 atom stereocenters. The van der Waals surface area contributed by atoms with Gasteiger partial charge >= 0.3 is 0 Å². The van der Waals surface area contributed by atoms with E-state index in [1.165, 1.54) is 17.5 Å². The van der Waals surface area contributed by atoms with Crippen molar-refractivity contribution in [1.29, 1.82) is 0 Å². The number of benzene rings is 3. The number of halogens is 3. The molecule has 4 aromatic rings. The maximum atomic E-state index is 13.7. The molecule has 4 rings (SSSR count). The smallest absolute Gasteiger partial charge is 0.265 e. The first-order valence-corrected chi connectivity index (χ1v) is 8.64. The SMILES string of the molecule is Fc1ccc(Cn2c[n+](CCOc3ccc4ccccc4c3)cn2)c(F)c1.[Br-]. The van der Waals surface area contributed by atoms with Crippen LogP contribution in [0.4, 0.5) is 8.78 Å². The van der Waals surface area contributed by atoms with E-state index in [1.54, 1.807) is 17.3 Å². The average Bonchev–Trinajstić information content (AvgIpc) is 3.11. The Bertz CT molecular complexity index is 1080. The lowest BCUT2D eigenvalue weighted by Gasteiger charge is -2.06. The largest absolute Gasteiger partial charge is 1.00 e. The van der Waals surface area contributed by atoms with E-state index in [0.717, 1.165) is 17.2 Å². The number of hydrogen-bond donors (Lipinski definition) is 0. The maximum Gasteiger partial charge on any atom is 0.265 e. The van der Waals surface area contributed by atoms with Gasteiger partial charge in [-0.2, -0.15) is 0 Å². The van der Waals surface area contributed by atoms with Gasteiger partial charge in [-0.15, -0.1) is 4.68 Å². The van der Waals surface area contributed by atoms with Crippen molar-refractivity contribution < 1.29 is 35.1 Å². The third-order valence-electron chi connectivity index (χ3n) is 4.32. The molecule has 0 aliphatic rings. The molecule has 0 spiro atoms. The summed E-state index contributed by atoms with van der Waals surface area (Å²) in [6, 6.07) is 17.7. The van der Waals surface area contributed by atoms with Crippen molar-refractivity contribution in [3.63, 3.8) is 0 Å². The standard InChI is InChI=1S/C21H18F2N3O.BrH/c22-19-7-5-18(21(23)12-19)13-26-15-25(14-24-26)9-10-27-20-8-6-16-3-1-2-4-17(16)11-20;/h1-8,11-12,14-15H,9-10,13H2;1H/q+1;/p-1. The highest BCUT2D eigenvalue weighted by Gasteiger charge is 2.11. The third-order valence-corrected chi connectivity index (χ3v) is 4.32. The van der Waals surface area contributed by atoms with Crippen LogP contribution >= 0.6 is 0 Å².